The van der Waals surface area contributed by atoms with Crippen LogP contribution in [0, 0.1) is 6.92 Å². The number of carboxylic acid groups (broad SMARTS) is 1. The van der Waals surface area contributed by atoms with Crippen LogP contribution in [0.3, 0.4) is 0 Å². The van der Waals surface area contributed by atoms with Crippen LogP contribution >= 0.6 is 0 Å². The Labute approximate surface area is 156 Å². The highest BCUT2D eigenvalue weighted by molar-refractivity contribution is 5.77. The molecule has 0 bridgehead atoms. The number of carbonyl (C=O) groups is 1. The van der Waals surface area contributed by atoms with Crippen molar-refractivity contribution in [3.05, 3.63) is 42.4 Å². The van der Waals surface area contributed by atoms with Crippen molar-refractivity contribution in [3.63, 3.8) is 0 Å². The molecule has 142 valence electrons. The predicted molar refractivity (Wildman–Crippen MR) is 101 cm³/mol. The van der Waals surface area contributed by atoms with Crippen LogP contribution < -0.4 is 10.1 Å². The number of carboxylic acids is 1. The summed E-state index contributed by atoms with van der Waals surface area (Å²) in [5, 5.41) is 21.1. The van der Waals surface area contributed by atoms with E-state index in [9.17, 15) is 4.79 Å². The molecule has 3 rings (SSSR count). The van der Waals surface area contributed by atoms with Gasteiger partial charge in [-0.15, -0.1) is 0 Å². The highest BCUT2D eigenvalue weighted by Gasteiger charge is 2.15. The molecular weight excluding hydrogens is 348 g/mol. The Morgan fingerprint density at radius 3 is 3.00 bits per heavy atom. The van der Waals surface area contributed by atoms with Crippen LogP contribution in [0.25, 0.3) is 16.9 Å². The van der Waals surface area contributed by atoms with Gasteiger partial charge >= 0.3 is 5.97 Å². The summed E-state index contributed by atoms with van der Waals surface area (Å²) >= 11 is 0. The zero-order valence-corrected chi connectivity index (χ0v) is 15.1. The van der Waals surface area contributed by atoms with Crippen molar-refractivity contribution in [2.45, 2.75) is 19.8 Å². The molecule has 2 heterocycles. The normalized spacial score (nSPS) is 10.9. The van der Waals surface area contributed by atoms with Gasteiger partial charge in [-0.2, -0.15) is 0 Å². The van der Waals surface area contributed by atoms with E-state index in [1.54, 1.807) is 6.20 Å². The van der Waals surface area contributed by atoms with Gasteiger partial charge in [-0.3, -0.25) is 14.2 Å². The average Bonchev–Trinajstić information content (AvgIpc) is 3.01. The van der Waals surface area contributed by atoms with Gasteiger partial charge < -0.3 is 20.3 Å². The van der Waals surface area contributed by atoms with Crippen LogP contribution in [0.5, 0.6) is 5.75 Å². The summed E-state index contributed by atoms with van der Waals surface area (Å²) in [4.78, 5) is 19.7. The number of aliphatic hydroxyl groups is 1. The average molecular weight is 370 g/mol. The second-order valence-electron chi connectivity index (χ2n) is 6.09. The summed E-state index contributed by atoms with van der Waals surface area (Å²) < 4.78 is 7.41. The molecule has 0 atom stereocenters. The first-order valence-corrected chi connectivity index (χ1v) is 8.73. The first-order valence-electron chi connectivity index (χ1n) is 8.73. The lowest BCUT2D eigenvalue weighted by atomic mass is 10.1. The second-order valence-corrected chi connectivity index (χ2v) is 6.09. The molecule has 0 amide bonds. The van der Waals surface area contributed by atoms with Crippen molar-refractivity contribution in [1.82, 2.24) is 14.4 Å². The minimum Gasteiger partial charge on any atom is -0.491 e. The van der Waals surface area contributed by atoms with E-state index < -0.39 is 5.97 Å². The highest BCUT2D eigenvalue weighted by Crippen LogP contribution is 2.31. The standard InChI is InChI=1S/C19H22N4O4/c1-13-12-23-16(11-21-13)22-18(19(23)20-7-3-6-17(25)26)14-4-2-5-15(10-14)27-9-8-24/h2,4-5,10-12,20,24H,3,6-9H2,1H3,(H,25,26). The second kappa shape index (κ2) is 8.50. The Morgan fingerprint density at radius 1 is 1.37 bits per heavy atom. The number of benzene rings is 1. The van der Waals surface area contributed by atoms with Gasteiger partial charge in [0, 0.05) is 24.7 Å². The fraction of sp³-hybridized carbons (Fsp3) is 0.316. The van der Waals surface area contributed by atoms with Gasteiger partial charge in [0.1, 0.15) is 23.9 Å². The molecule has 8 heteroatoms. The third-order valence-electron chi connectivity index (χ3n) is 3.97. The number of aryl methyl sites for hydroxylation is 1. The molecule has 0 unspecified atom stereocenters. The fourth-order valence-electron chi connectivity index (χ4n) is 2.76. The number of ether oxygens (including phenoxy) is 1. The lowest BCUT2D eigenvalue weighted by Gasteiger charge is -2.10. The number of fused-ring (bicyclic) bond motifs is 1. The third kappa shape index (κ3) is 4.53. The van der Waals surface area contributed by atoms with Gasteiger partial charge in [0.2, 0.25) is 0 Å². The van der Waals surface area contributed by atoms with E-state index in [2.05, 4.69) is 15.3 Å². The number of aromatic nitrogens is 3. The molecule has 2 aromatic heterocycles. The lowest BCUT2D eigenvalue weighted by Crippen LogP contribution is -2.07. The molecule has 0 radical (unpaired) electrons. The monoisotopic (exact) mass is 370 g/mol. The van der Waals surface area contributed by atoms with Crippen LogP contribution in [0.15, 0.2) is 36.7 Å². The molecule has 0 aliphatic rings. The number of rotatable bonds is 9. The summed E-state index contributed by atoms with van der Waals surface area (Å²) in [6.45, 7) is 2.57. The summed E-state index contributed by atoms with van der Waals surface area (Å²) in [6, 6.07) is 7.47. The quantitative estimate of drug-likeness (QED) is 0.496. The number of aliphatic carboxylic acids is 1. The number of nitrogens with one attached hydrogen (secondary N) is 1. The first kappa shape index (κ1) is 18.7. The third-order valence-corrected chi connectivity index (χ3v) is 3.97. The first-order chi connectivity index (χ1) is 13.1. The molecule has 3 N–H and O–H groups in total. The zero-order valence-electron chi connectivity index (χ0n) is 15.1. The SMILES string of the molecule is Cc1cn2c(NCCCC(=O)O)c(-c3cccc(OCCO)c3)nc2cn1. The molecular formula is C19H22N4O4. The van der Waals surface area contributed by atoms with Gasteiger partial charge in [-0.1, -0.05) is 12.1 Å². The van der Waals surface area contributed by atoms with Gasteiger partial charge in [0.15, 0.2) is 5.65 Å². The van der Waals surface area contributed by atoms with Gasteiger partial charge in [0.25, 0.3) is 0 Å². The predicted octanol–water partition coefficient (Wildman–Crippen LogP) is 2.35. The molecule has 0 spiro atoms. The van der Waals surface area contributed by atoms with Crippen molar-refractivity contribution >= 4 is 17.4 Å². The van der Waals surface area contributed by atoms with Gasteiger partial charge in [-0.25, -0.2) is 4.98 Å². The molecule has 1 aromatic carbocycles. The van der Waals surface area contributed by atoms with E-state index in [0.717, 1.165) is 22.8 Å². The maximum absolute atomic E-state index is 10.7. The Kier molecular flexibility index (Phi) is 5.87. The number of nitrogens with zero attached hydrogens (tertiary/aromatic N) is 3. The number of aliphatic hydroxyl groups excluding tert-OH is 1. The van der Waals surface area contributed by atoms with Crippen LogP contribution in [0.1, 0.15) is 18.5 Å². The molecule has 3 aromatic rings. The summed E-state index contributed by atoms with van der Waals surface area (Å²) in [5.74, 6) is 0.605. The van der Waals surface area contributed by atoms with Gasteiger partial charge in [-0.05, 0) is 25.5 Å². The van der Waals surface area contributed by atoms with Gasteiger partial charge in [0.05, 0.1) is 18.5 Å². The molecule has 0 saturated carbocycles. The van der Waals surface area contributed by atoms with E-state index in [-0.39, 0.29) is 19.6 Å². The molecule has 8 nitrogen and oxygen atoms in total. The van der Waals surface area contributed by atoms with E-state index in [1.165, 1.54) is 0 Å². The maximum atomic E-state index is 10.7. The Bertz CT molecular complexity index is 939. The maximum Gasteiger partial charge on any atom is 0.303 e. The van der Waals surface area contributed by atoms with Crippen molar-refractivity contribution in [2.75, 3.05) is 25.1 Å². The topological polar surface area (TPSA) is 109 Å². The number of hydrogen-bond acceptors (Lipinski definition) is 6. The number of anilines is 1. The van der Waals surface area contributed by atoms with E-state index in [0.29, 0.717) is 24.4 Å². The smallest absolute Gasteiger partial charge is 0.303 e. The van der Waals surface area contributed by atoms with Crippen molar-refractivity contribution in [3.8, 4) is 17.0 Å². The minimum absolute atomic E-state index is 0.0556. The number of imidazole rings is 1. The summed E-state index contributed by atoms with van der Waals surface area (Å²) in [7, 11) is 0. The fourth-order valence-corrected chi connectivity index (χ4v) is 2.76. The molecule has 0 aliphatic heterocycles. The van der Waals surface area contributed by atoms with Crippen LogP contribution in [0.2, 0.25) is 0 Å². The molecule has 0 saturated heterocycles. The zero-order chi connectivity index (χ0) is 19.2. The Hall–Kier alpha value is -3.13. The lowest BCUT2D eigenvalue weighted by molar-refractivity contribution is -0.137. The van der Waals surface area contributed by atoms with E-state index >= 15 is 0 Å². The largest absolute Gasteiger partial charge is 0.491 e. The van der Waals surface area contributed by atoms with Crippen molar-refractivity contribution in [2.24, 2.45) is 0 Å². The highest BCUT2D eigenvalue weighted by atomic mass is 16.5. The molecule has 0 aliphatic carbocycles. The van der Waals surface area contributed by atoms with E-state index in [1.807, 2.05) is 41.8 Å². The summed E-state index contributed by atoms with van der Waals surface area (Å²) in [5.41, 5.74) is 3.12. The van der Waals surface area contributed by atoms with E-state index in [4.69, 9.17) is 14.9 Å². The molecule has 0 fully saturated rings. The Balaban J connectivity index is 1.96. The van der Waals surface area contributed by atoms with Crippen LogP contribution in [-0.4, -0.2) is 50.3 Å². The van der Waals surface area contributed by atoms with Crippen molar-refractivity contribution < 1.29 is 19.7 Å². The van der Waals surface area contributed by atoms with Crippen LogP contribution in [0.4, 0.5) is 5.82 Å². The van der Waals surface area contributed by atoms with Crippen molar-refractivity contribution in [1.29, 1.82) is 0 Å². The minimum atomic E-state index is -0.816. The Morgan fingerprint density at radius 2 is 2.22 bits per heavy atom. The molecule has 27 heavy (non-hydrogen) atoms. The van der Waals surface area contributed by atoms with Crippen LogP contribution in [-0.2, 0) is 4.79 Å². The number of hydrogen-bond donors (Lipinski definition) is 3. The summed E-state index contributed by atoms with van der Waals surface area (Å²) in [6.07, 6.45) is 4.20.